The van der Waals surface area contributed by atoms with Gasteiger partial charge in [-0.3, -0.25) is 4.79 Å². The second-order valence-corrected chi connectivity index (χ2v) is 6.67. The van der Waals surface area contributed by atoms with E-state index in [1.54, 1.807) is 14.1 Å². The van der Waals surface area contributed by atoms with E-state index in [9.17, 15) is 13.2 Å². The average molecular weight is 327 g/mol. The molecule has 0 atom stereocenters. The zero-order chi connectivity index (χ0) is 12.5. The first-order chi connectivity index (χ1) is 7.23. The van der Waals surface area contributed by atoms with Gasteiger partial charge in [0.05, 0.1) is 4.90 Å². The van der Waals surface area contributed by atoms with Crippen LogP contribution >= 0.6 is 26.6 Å². The molecule has 16 heavy (non-hydrogen) atoms. The highest BCUT2D eigenvalue weighted by atomic mass is 79.9. The Kier molecular flexibility index (Phi) is 3.98. The van der Waals surface area contributed by atoms with Crippen LogP contribution in [-0.4, -0.2) is 33.3 Å². The molecule has 1 rings (SSSR count). The molecule has 4 nitrogen and oxygen atoms in total. The van der Waals surface area contributed by atoms with Gasteiger partial charge in [-0.15, -0.1) is 0 Å². The summed E-state index contributed by atoms with van der Waals surface area (Å²) in [6.45, 7) is 0. The highest BCUT2D eigenvalue weighted by Gasteiger charge is 2.17. The average Bonchev–Trinajstić information content (AvgIpc) is 2.15. The maximum atomic E-state index is 11.6. The van der Waals surface area contributed by atoms with Crippen LogP contribution in [0, 0.1) is 0 Å². The van der Waals surface area contributed by atoms with Crippen LogP contribution in [0.2, 0.25) is 0 Å². The van der Waals surface area contributed by atoms with Crippen molar-refractivity contribution in [1.29, 1.82) is 0 Å². The molecule has 0 aliphatic heterocycles. The van der Waals surface area contributed by atoms with Crippen LogP contribution in [0.15, 0.2) is 27.6 Å². The molecule has 0 fully saturated rings. The maximum Gasteiger partial charge on any atom is 0.262 e. The molecule has 0 bridgehead atoms. The molecule has 0 spiro atoms. The second-order valence-electron chi connectivity index (χ2n) is 3.28. The standard InChI is InChI=1S/C9H9BrClNO3S/c1-12(2)9(13)6-3-4-7(10)8(5-6)16(11,14)15/h3-5H,1-2H3. The first-order valence-corrected chi connectivity index (χ1v) is 7.29. The Morgan fingerprint density at radius 3 is 2.38 bits per heavy atom. The van der Waals surface area contributed by atoms with E-state index in [4.69, 9.17) is 10.7 Å². The minimum atomic E-state index is -3.86. The van der Waals surface area contributed by atoms with Gasteiger partial charge < -0.3 is 4.90 Å². The smallest absolute Gasteiger partial charge is 0.262 e. The molecule has 0 aliphatic rings. The molecular weight excluding hydrogens is 318 g/mol. The molecule has 1 amide bonds. The molecule has 1 aromatic rings. The van der Waals surface area contributed by atoms with Gasteiger partial charge in [-0.05, 0) is 34.1 Å². The van der Waals surface area contributed by atoms with E-state index in [-0.39, 0.29) is 16.4 Å². The summed E-state index contributed by atoms with van der Waals surface area (Å²) in [5, 5.41) is 0. The first kappa shape index (κ1) is 13.5. The largest absolute Gasteiger partial charge is 0.345 e. The fourth-order valence-electron chi connectivity index (χ4n) is 1.08. The summed E-state index contributed by atoms with van der Waals surface area (Å²) in [5.41, 5.74) is 0.271. The van der Waals surface area contributed by atoms with Crippen molar-refractivity contribution >= 4 is 41.6 Å². The Hall–Kier alpha value is -0.590. The van der Waals surface area contributed by atoms with E-state index >= 15 is 0 Å². The number of benzene rings is 1. The molecule has 0 aromatic heterocycles. The Morgan fingerprint density at radius 1 is 1.38 bits per heavy atom. The zero-order valence-electron chi connectivity index (χ0n) is 8.57. The van der Waals surface area contributed by atoms with Crippen LogP contribution in [0.25, 0.3) is 0 Å². The van der Waals surface area contributed by atoms with Crippen molar-refractivity contribution in [2.24, 2.45) is 0 Å². The van der Waals surface area contributed by atoms with Crippen LogP contribution in [0.5, 0.6) is 0 Å². The number of nitrogens with zero attached hydrogens (tertiary/aromatic N) is 1. The fraction of sp³-hybridized carbons (Fsp3) is 0.222. The third-order valence-electron chi connectivity index (χ3n) is 1.85. The summed E-state index contributed by atoms with van der Waals surface area (Å²) >= 11 is 3.06. The van der Waals surface area contributed by atoms with Crippen molar-refractivity contribution in [3.05, 3.63) is 28.2 Å². The van der Waals surface area contributed by atoms with E-state index in [0.29, 0.717) is 4.47 Å². The third-order valence-corrected chi connectivity index (χ3v) is 4.16. The van der Waals surface area contributed by atoms with Crippen molar-refractivity contribution < 1.29 is 13.2 Å². The molecule has 7 heteroatoms. The molecule has 0 heterocycles. The lowest BCUT2D eigenvalue weighted by atomic mass is 10.2. The van der Waals surface area contributed by atoms with Gasteiger partial charge in [0, 0.05) is 34.8 Å². The van der Waals surface area contributed by atoms with Crippen LogP contribution in [0.4, 0.5) is 0 Å². The molecular formula is C9H9BrClNO3S. The normalized spacial score (nSPS) is 11.2. The van der Waals surface area contributed by atoms with E-state index in [2.05, 4.69) is 15.9 Å². The molecule has 0 N–H and O–H groups in total. The Labute approximate surface area is 107 Å². The van der Waals surface area contributed by atoms with Crippen LogP contribution < -0.4 is 0 Å². The van der Waals surface area contributed by atoms with Gasteiger partial charge >= 0.3 is 0 Å². The SMILES string of the molecule is CN(C)C(=O)c1ccc(Br)c(S(=O)(=O)Cl)c1. The number of rotatable bonds is 2. The van der Waals surface area contributed by atoms with Crippen LogP contribution in [0.3, 0.4) is 0 Å². The maximum absolute atomic E-state index is 11.6. The van der Waals surface area contributed by atoms with Crippen LogP contribution in [0.1, 0.15) is 10.4 Å². The summed E-state index contributed by atoms with van der Waals surface area (Å²) in [6.07, 6.45) is 0. The molecule has 0 aliphatic carbocycles. The minimum Gasteiger partial charge on any atom is -0.345 e. The summed E-state index contributed by atoms with van der Waals surface area (Å²) in [5.74, 6) is -0.283. The predicted octanol–water partition coefficient (Wildman–Crippen LogP) is 2.08. The molecule has 0 radical (unpaired) electrons. The topological polar surface area (TPSA) is 54.5 Å². The third kappa shape index (κ3) is 2.96. The zero-order valence-corrected chi connectivity index (χ0v) is 11.7. The van der Waals surface area contributed by atoms with Crippen molar-refractivity contribution in [3.8, 4) is 0 Å². The van der Waals surface area contributed by atoms with E-state index in [0.717, 1.165) is 0 Å². The Morgan fingerprint density at radius 2 is 1.94 bits per heavy atom. The van der Waals surface area contributed by atoms with Gasteiger partial charge in [-0.2, -0.15) is 0 Å². The molecule has 0 saturated carbocycles. The fourth-order valence-corrected chi connectivity index (χ4v) is 3.20. The summed E-state index contributed by atoms with van der Waals surface area (Å²) in [4.78, 5) is 12.9. The molecule has 88 valence electrons. The van der Waals surface area contributed by atoms with Gasteiger partial charge in [-0.1, -0.05) is 0 Å². The number of halogens is 2. The number of carbonyl (C=O) groups is 1. The number of hydrogen-bond donors (Lipinski definition) is 0. The van der Waals surface area contributed by atoms with E-state index in [1.807, 2.05) is 0 Å². The van der Waals surface area contributed by atoms with Crippen molar-refractivity contribution in [2.45, 2.75) is 4.90 Å². The summed E-state index contributed by atoms with van der Waals surface area (Å²) in [7, 11) is 4.54. The minimum absolute atomic E-state index is 0.109. The van der Waals surface area contributed by atoms with Crippen LogP contribution in [-0.2, 0) is 9.05 Å². The first-order valence-electron chi connectivity index (χ1n) is 4.19. The van der Waals surface area contributed by atoms with Gasteiger partial charge in [0.15, 0.2) is 0 Å². The summed E-state index contributed by atoms with van der Waals surface area (Å²) in [6, 6.07) is 4.25. The molecule has 0 unspecified atom stereocenters. The van der Waals surface area contributed by atoms with Gasteiger partial charge in [0.2, 0.25) is 0 Å². The Balaban J connectivity index is 3.34. The lowest BCUT2D eigenvalue weighted by Gasteiger charge is -2.11. The van der Waals surface area contributed by atoms with Crippen molar-refractivity contribution in [3.63, 3.8) is 0 Å². The van der Waals surface area contributed by atoms with E-state index in [1.165, 1.54) is 23.1 Å². The highest BCUT2D eigenvalue weighted by molar-refractivity contribution is 9.10. The van der Waals surface area contributed by atoms with Gasteiger partial charge in [0.1, 0.15) is 0 Å². The number of hydrogen-bond acceptors (Lipinski definition) is 3. The van der Waals surface area contributed by atoms with Crippen molar-refractivity contribution in [1.82, 2.24) is 4.90 Å². The van der Waals surface area contributed by atoms with E-state index < -0.39 is 9.05 Å². The lowest BCUT2D eigenvalue weighted by molar-refractivity contribution is 0.0827. The lowest BCUT2D eigenvalue weighted by Crippen LogP contribution is -2.21. The second kappa shape index (κ2) is 4.73. The van der Waals surface area contributed by atoms with Gasteiger partial charge in [0.25, 0.3) is 15.0 Å². The summed E-state index contributed by atoms with van der Waals surface area (Å²) < 4.78 is 22.7. The molecule has 0 saturated heterocycles. The Bertz CT molecular complexity index is 528. The van der Waals surface area contributed by atoms with Crippen molar-refractivity contribution in [2.75, 3.05) is 14.1 Å². The number of amides is 1. The predicted molar refractivity (Wildman–Crippen MR) is 65.2 cm³/mol. The molecule has 1 aromatic carbocycles. The number of carbonyl (C=O) groups excluding carboxylic acids is 1. The quantitative estimate of drug-likeness (QED) is 0.782. The van der Waals surface area contributed by atoms with Gasteiger partial charge in [-0.25, -0.2) is 8.42 Å². The highest BCUT2D eigenvalue weighted by Crippen LogP contribution is 2.26. The monoisotopic (exact) mass is 325 g/mol.